The summed E-state index contributed by atoms with van der Waals surface area (Å²) in [5.41, 5.74) is 2.11. The number of amides is 1. The molecule has 1 amide bonds. The Morgan fingerprint density at radius 1 is 1.15 bits per heavy atom. The molecule has 33 heavy (non-hydrogen) atoms. The third-order valence-electron chi connectivity index (χ3n) is 5.60. The fourth-order valence-corrected chi connectivity index (χ4v) is 4.42. The summed E-state index contributed by atoms with van der Waals surface area (Å²) >= 11 is 3.41. The Morgan fingerprint density at radius 2 is 1.88 bits per heavy atom. The average molecular weight is 511 g/mol. The number of ether oxygens (including phenoxy) is 1. The zero-order valence-electron chi connectivity index (χ0n) is 18.4. The standard InChI is InChI=1S/C25H23BrN2O5/c1-27(2)17-9-6-15(7-10-17)22-21(23(29)16-8-11-20(32-3)19(26)13-16)24(30)25(31)28(22)14-18-5-4-12-33-18/h4-13,22,29H,14H2,1-3H3/b23-21-. The van der Waals surface area contributed by atoms with Crippen LogP contribution in [0.2, 0.25) is 0 Å². The second kappa shape index (κ2) is 9.15. The van der Waals surface area contributed by atoms with Crippen LogP contribution in [0.1, 0.15) is 22.9 Å². The number of ketones is 1. The molecule has 4 rings (SSSR count). The molecule has 1 saturated heterocycles. The number of hydrogen-bond acceptors (Lipinski definition) is 6. The summed E-state index contributed by atoms with van der Waals surface area (Å²) in [4.78, 5) is 29.6. The van der Waals surface area contributed by atoms with Gasteiger partial charge < -0.3 is 24.1 Å². The molecule has 0 aliphatic carbocycles. The molecule has 1 aliphatic rings. The van der Waals surface area contributed by atoms with Crippen molar-refractivity contribution >= 4 is 39.1 Å². The fourth-order valence-electron chi connectivity index (χ4n) is 3.88. The summed E-state index contributed by atoms with van der Waals surface area (Å²) in [5, 5.41) is 11.2. The minimum absolute atomic E-state index is 0.0289. The van der Waals surface area contributed by atoms with Crippen molar-refractivity contribution < 1.29 is 23.8 Å². The van der Waals surface area contributed by atoms with E-state index in [4.69, 9.17) is 9.15 Å². The van der Waals surface area contributed by atoms with E-state index in [1.165, 1.54) is 18.3 Å². The van der Waals surface area contributed by atoms with Crippen LogP contribution in [0.25, 0.3) is 5.76 Å². The predicted molar refractivity (Wildman–Crippen MR) is 128 cm³/mol. The molecule has 1 unspecified atom stereocenters. The summed E-state index contributed by atoms with van der Waals surface area (Å²) in [6.45, 7) is 0.0980. The van der Waals surface area contributed by atoms with Crippen LogP contribution in [0.3, 0.4) is 0 Å². The molecule has 7 nitrogen and oxygen atoms in total. The first-order valence-electron chi connectivity index (χ1n) is 10.2. The Morgan fingerprint density at radius 3 is 2.45 bits per heavy atom. The first-order chi connectivity index (χ1) is 15.8. The van der Waals surface area contributed by atoms with Gasteiger partial charge in [0.2, 0.25) is 0 Å². The second-order valence-electron chi connectivity index (χ2n) is 7.84. The van der Waals surface area contributed by atoms with Crippen LogP contribution in [-0.4, -0.2) is 42.9 Å². The van der Waals surface area contributed by atoms with E-state index in [0.29, 0.717) is 27.1 Å². The highest BCUT2D eigenvalue weighted by molar-refractivity contribution is 9.10. The monoisotopic (exact) mass is 510 g/mol. The molecule has 1 N–H and O–H groups in total. The van der Waals surface area contributed by atoms with Gasteiger partial charge in [-0.3, -0.25) is 9.59 Å². The van der Waals surface area contributed by atoms with Crippen LogP contribution in [0.5, 0.6) is 5.75 Å². The number of anilines is 1. The summed E-state index contributed by atoms with van der Waals surface area (Å²) in [7, 11) is 5.40. The van der Waals surface area contributed by atoms with Gasteiger partial charge in [0.25, 0.3) is 11.7 Å². The van der Waals surface area contributed by atoms with Gasteiger partial charge in [-0.2, -0.15) is 0 Å². The van der Waals surface area contributed by atoms with Crippen molar-refractivity contribution in [1.82, 2.24) is 4.90 Å². The van der Waals surface area contributed by atoms with Gasteiger partial charge in [-0.15, -0.1) is 0 Å². The van der Waals surface area contributed by atoms with Crippen molar-refractivity contribution in [3.05, 3.63) is 87.8 Å². The average Bonchev–Trinajstić information content (AvgIpc) is 3.41. The highest BCUT2D eigenvalue weighted by Gasteiger charge is 2.46. The number of carbonyl (C=O) groups excluding carboxylic acids is 2. The molecule has 3 aromatic rings. The van der Waals surface area contributed by atoms with Gasteiger partial charge >= 0.3 is 0 Å². The maximum atomic E-state index is 13.1. The lowest BCUT2D eigenvalue weighted by atomic mass is 9.95. The summed E-state index contributed by atoms with van der Waals surface area (Å²) in [6, 6.07) is 15.2. The van der Waals surface area contributed by atoms with E-state index in [2.05, 4.69) is 15.9 Å². The Labute approximate surface area is 200 Å². The quantitative estimate of drug-likeness (QED) is 0.293. The van der Waals surface area contributed by atoms with E-state index >= 15 is 0 Å². The van der Waals surface area contributed by atoms with E-state index in [1.807, 2.05) is 43.3 Å². The highest BCUT2D eigenvalue weighted by Crippen LogP contribution is 2.41. The van der Waals surface area contributed by atoms with E-state index in [9.17, 15) is 14.7 Å². The number of Topliss-reactive ketones (excluding diaryl/α,β-unsaturated/α-hetero) is 1. The van der Waals surface area contributed by atoms with Crippen LogP contribution in [0.15, 0.2) is 75.3 Å². The van der Waals surface area contributed by atoms with Crippen LogP contribution < -0.4 is 9.64 Å². The number of nitrogens with zero attached hydrogens (tertiary/aromatic N) is 2. The smallest absolute Gasteiger partial charge is 0.296 e. The molecule has 2 aromatic carbocycles. The number of rotatable bonds is 6. The van der Waals surface area contributed by atoms with Gasteiger partial charge in [0.05, 0.1) is 36.0 Å². The number of methoxy groups -OCH3 is 1. The zero-order chi connectivity index (χ0) is 23.7. The van der Waals surface area contributed by atoms with Crippen molar-refractivity contribution in [2.24, 2.45) is 0 Å². The van der Waals surface area contributed by atoms with Crippen molar-refractivity contribution in [3.63, 3.8) is 0 Å². The molecule has 0 radical (unpaired) electrons. The molecule has 8 heteroatoms. The third-order valence-corrected chi connectivity index (χ3v) is 6.22. The Hall–Kier alpha value is -3.52. The predicted octanol–water partition coefficient (Wildman–Crippen LogP) is 4.74. The molecule has 1 atom stereocenters. The first kappa shape index (κ1) is 22.7. The fraction of sp³-hybridized carbons (Fsp3) is 0.200. The molecule has 0 spiro atoms. The number of hydrogen-bond donors (Lipinski definition) is 1. The number of aliphatic hydroxyl groups excluding tert-OH is 1. The van der Waals surface area contributed by atoms with Crippen LogP contribution >= 0.6 is 15.9 Å². The Bertz CT molecular complexity index is 1220. The van der Waals surface area contributed by atoms with Crippen molar-refractivity contribution in [2.45, 2.75) is 12.6 Å². The molecule has 1 aromatic heterocycles. The highest BCUT2D eigenvalue weighted by atomic mass is 79.9. The topological polar surface area (TPSA) is 83.2 Å². The van der Waals surface area contributed by atoms with Crippen LogP contribution in [-0.2, 0) is 16.1 Å². The lowest BCUT2D eigenvalue weighted by molar-refractivity contribution is -0.140. The first-order valence-corrected chi connectivity index (χ1v) is 11.0. The van der Waals surface area contributed by atoms with E-state index in [-0.39, 0.29) is 17.9 Å². The second-order valence-corrected chi connectivity index (χ2v) is 8.70. The van der Waals surface area contributed by atoms with Gasteiger partial charge in [-0.05, 0) is 64.0 Å². The normalized spacial score (nSPS) is 17.5. The molecule has 0 bridgehead atoms. The van der Waals surface area contributed by atoms with Crippen molar-refractivity contribution in [1.29, 1.82) is 0 Å². The lowest BCUT2D eigenvalue weighted by Gasteiger charge is -2.25. The Balaban J connectivity index is 1.85. The molecule has 0 saturated carbocycles. The maximum absolute atomic E-state index is 13.1. The lowest BCUT2D eigenvalue weighted by Crippen LogP contribution is -2.29. The van der Waals surface area contributed by atoms with Gasteiger partial charge in [0.1, 0.15) is 17.3 Å². The maximum Gasteiger partial charge on any atom is 0.296 e. The van der Waals surface area contributed by atoms with E-state index in [0.717, 1.165) is 5.69 Å². The SMILES string of the molecule is COc1ccc(/C(O)=C2/C(=O)C(=O)N(Cc3ccco3)C2c2ccc(N(C)C)cc2)cc1Br. The molecule has 170 valence electrons. The van der Waals surface area contributed by atoms with Gasteiger partial charge in [-0.1, -0.05) is 12.1 Å². The number of benzene rings is 2. The number of aliphatic hydroxyl groups is 1. The minimum Gasteiger partial charge on any atom is -0.507 e. The summed E-state index contributed by atoms with van der Waals surface area (Å²) in [6.07, 6.45) is 1.52. The van der Waals surface area contributed by atoms with Gasteiger partial charge in [0.15, 0.2) is 0 Å². The molecule has 1 aliphatic heterocycles. The van der Waals surface area contributed by atoms with Crippen LogP contribution in [0.4, 0.5) is 5.69 Å². The van der Waals surface area contributed by atoms with E-state index < -0.39 is 17.7 Å². The zero-order valence-corrected chi connectivity index (χ0v) is 20.0. The number of likely N-dealkylation sites (tertiary alicyclic amines) is 1. The molecular formula is C25H23BrN2O5. The molecule has 1 fully saturated rings. The van der Waals surface area contributed by atoms with Crippen LogP contribution in [0, 0.1) is 0 Å². The number of carbonyl (C=O) groups is 2. The Kier molecular flexibility index (Phi) is 6.29. The molecular weight excluding hydrogens is 488 g/mol. The number of halogens is 1. The van der Waals surface area contributed by atoms with Gasteiger partial charge in [-0.25, -0.2) is 0 Å². The van der Waals surface area contributed by atoms with Crippen molar-refractivity contribution in [3.8, 4) is 5.75 Å². The summed E-state index contributed by atoms with van der Waals surface area (Å²) in [5.74, 6) is -0.560. The third kappa shape index (κ3) is 4.26. The summed E-state index contributed by atoms with van der Waals surface area (Å²) < 4.78 is 11.3. The number of furan rings is 1. The van der Waals surface area contributed by atoms with Crippen molar-refractivity contribution in [2.75, 3.05) is 26.1 Å². The minimum atomic E-state index is -0.771. The largest absolute Gasteiger partial charge is 0.507 e. The van der Waals surface area contributed by atoms with Gasteiger partial charge in [0, 0.05) is 25.3 Å². The van der Waals surface area contributed by atoms with E-state index in [1.54, 1.807) is 30.3 Å². The molecule has 2 heterocycles.